The van der Waals surface area contributed by atoms with Gasteiger partial charge in [-0.2, -0.15) is 0 Å². The van der Waals surface area contributed by atoms with Crippen LogP contribution in [0.3, 0.4) is 0 Å². The number of quaternary nitrogens is 1. The van der Waals surface area contributed by atoms with Gasteiger partial charge in [0.25, 0.3) is 0 Å². The summed E-state index contributed by atoms with van der Waals surface area (Å²) in [5, 5.41) is 0.722. The molecule has 15 heavy (non-hydrogen) atoms. The van der Waals surface area contributed by atoms with E-state index in [1.165, 1.54) is 0 Å². The molecule has 0 radical (unpaired) electrons. The maximum Gasteiger partial charge on any atom is 0.389 e. The molecular weight excluding hydrogens is 226 g/mol. The van der Waals surface area contributed by atoms with Gasteiger partial charge in [0.2, 0.25) is 10.4 Å². The Hall–Kier alpha value is -0.960. The lowest BCUT2D eigenvalue weighted by Crippen LogP contribution is -3.08. The Morgan fingerprint density at radius 2 is 2.00 bits per heavy atom. The van der Waals surface area contributed by atoms with Crippen molar-refractivity contribution in [2.75, 3.05) is 20.7 Å². The largest absolute Gasteiger partial charge is 0.726 e. The van der Waals surface area contributed by atoms with Crippen LogP contribution in [0.5, 0.6) is 0 Å². The summed E-state index contributed by atoms with van der Waals surface area (Å²) < 4.78 is 31.0. The maximum atomic E-state index is 10.4. The summed E-state index contributed by atoms with van der Waals surface area (Å²) in [6.45, 7) is 5.95. The molecule has 0 amide bonds. The lowest BCUT2D eigenvalue weighted by Gasteiger charge is -2.06. The minimum absolute atomic E-state index is 0.380. The number of hydroxylamine groups is 2. The SMILES string of the molecule is C=CC(=O)O[NH+](C)CC.COS(=O)(=O)[O-]. The minimum Gasteiger partial charge on any atom is -0.726 e. The Morgan fingerprint density at radius 3 is 2.20 bits per heavy atom. The van der Waals surface area contributed by atoms with Crippen molar-refractivity contribution >= 4 is 16.4 Å². The van der Waals surface area contributed by atoms with Crippen LogP contribution in [0.15, 0.2) is 12.7 Å². The van der Waals surface area contributed by atoms with Crippen molar-refractivity contribution < 1.29 is 31.8 Å². The number of carbonyl (C=O) groups excluding carboxylic acids is 1. The highest BCUT2D eigenvalue weighted by molar-refractivity contribution is 7.80. The Bertz CT molecular complexity index is 286. The van der Waals surface area contributed by atoms with Gasteiger partial charge in [-0.15, -0.1) is 5.06 Å². The van der Waals surface area contributed by atoms with Gasteiger partial charge in [-0.3, -0.25) is 9.02 Å². The normalized spacial score (nSPS) is 12.0. The second kappa shape index (κ2) is 8.36. The van der Waals surface area contributed by atoms with Gasteiger partial charge in [0, 0.05) is 6.08 Å². The van der Waals surface area contributed by atoms with Gasteiger partial charge in [-0.05, 0) is 6.92 Å². The van der Waals surface area contributed by atoms with E-state index in [0.29, 0.717) is 0 Å². The first-order valence-corrected chi connectivity index (χ1v) is 5.28. The van der Waals surface area contributed by atoms with Crippen LogP contribution in [0.2, 0.25) is 0 Å². The third-order valence-electron chi connectivity index (χ3n) is 1.14. The fourth-order valence-corrected chi connectivity index (χ4v) is 0.286. The minimum atomic E-state index is -4.41. The smallest absolute Gasteiger partial charge is 0.389 e. The van der Waals surface area contributed by atoms with Gasteiger partial charge in [0.05, 0.1) is 7.11 Å². The number of nitrogens with one attached hydrogen (secondary N) is 1. The molecule has 8 heteroatoms. The van der Waals surface area contributed by atoms with Crippen molar-refractivity contribution in [3.8, 4) is 0 Å². The molecule has 0 aliphatic heterocycles. The number of hydrogen-bond acceptors (Lipinski definition) is 6. The molecule has 0 aliphatic rings. The van der Waals surface area contributed by atoms with Gasteiger partial charge in [0.1, 0.15) is 13.6 Å². The van der Waals surface area contributed by atoms with E-state index in [4.69, 9.17) is 4.84 Å². The highest BCUT2D eigenvalue weighted by Crippen LogP contribution is 1.74. The third-order valence-corrected chi connectivity index (χ3v) is 1.55. The van der Waals surface area contributed by atoms with Crippen molar-refractivity contribution in [2.24, 2.45) is 0 Å². The lowest BCUT2D eigenvalue weighted by molar-refractivity contribution is -1.06. The summed E-state index contributed by atoms with van der Waals surface area (Å²) in [7, 11) is -1.84. The molecule has 0 saturated carbocycles. The molecule has 0 aromatic heterocycles. The summed E-state index contributed by atoms with van der Waals surface area (Å²) >= 11 is 0. The molecule has 0 rings (SSSR count). The summed E-state index contributed by atoms with van der Waals surface area (Å²) in [5.41, 5.74) is 0. The molecule has 0 aromatic carbocycles. The molecule has 7 nitrogen and oxygen atoms in total. The Labute approximate surface area is 89.2 Å². The van der Waals surface area contributed by atoms with Crippen LogP contribution in [0, 0.1) is 0 Å². The second-order valence-electron chi connectivity index (χ2n) is 2.26. The zero-order chi connectivity index (χ0) is 12.5. The standard InChI is InChI=1S/C6H11NO2.CH4O4S/c1-4-6(8)9-7(3)5-2;1-5-6(2,3)4/h4H,1,5H2,2-3H3;1H3,(H,2,3,4). The monoisotopic (exact) mass is 241 g/mol. The van der Waals surface area contributed by atoms with E-state index in [9.17, 15) is 17.8 Å². The van der Waals surface area contributed by atoms with E-state index in [2.05, 4.69) is 10.8 Å². The van der Waals surface area contributed by atoms with Crippen molar-refractivity contribution in [1.29, 1.82) is 0 Å². The molecule has 0 heterocycles. The second-order valence-corrected chi connectivity index (χ2v) is 3.41. The highest BCUT2D eigenvalue weighted by atomic mass is 32.3. The lowest BCUT2D eigenvalue weighted by atomic mass is 10.7. The molecule has 0 aliphatic carbocycles. The Kier molecular flexibility index (Phi) is 9.18. The molecule has 0 aromatic rings. The fourth-order valence-electron chi connectivity index (χ4n) is 0.286. The summed E-state index contributed by atoms with van der Waals surface area (Å²) in [6, 6.07) is 0. The van der Waals surface area contributed by atoms with E-state index in [0.717, 1.165) is 24.8 Å². The van der Waals surface area contributed by atoms with Crippen LogP contribution < -0.4 is 5.06 Å². The van der Waals surface area contributed by atoms with Crippen LogP contribution in [0.25, 0.3) is 0 Å². The first-order chi connectivity index (χ1) is 6.76. The highest BCUT2D eigenvalue weighted by Gasteiger charge is 2.02. The van der Waals surface area contributed by atoms with Gasteiger partial charge in [-0.25, -0.2) is 13.2 Å². The topological polar surface area (TPSA) is 97.2 Å². The predicted octanol–water partition coefficient (Wildman–Crippen LogP) is -1.74. The van der Waals surface area contributed by atoms with Crippen LogP contribution in [-0.2, 0) is 24.2 Å². The van der Waals surface area contributed by atoms with E-state index in [1.807, 2.05) is 6.92 Å². The zero-order valence-corrected chi connectivity index (χ0v) is 9.67. The van der Waals surface area contributed by atoms with Crippen LogP contribution >= 0.6 is 0 Å². The number of rotatable bonds is 4. The number of hydrogen-bond donors (Lipinski definition) is 1. The maximum absolute atomic E-state index is 10.4. The average molecular weight is 241 g/mol. The van der Waals surface area contributed by atoms with Gasteiger partial charge in [-0.1, -0.05) is 6.58 Å². The third kappa shape index (κ3) is 15.8. The zero-order valence-electron chi connectivity index (χ0n) is 8.85. The molecule has 0 bridgehead atoms. The van der Waals surface area contributed by atoms with Crippen LogP contribution in [-0.4, -0.2) is 39.6 Å². The van der Waals surface area contributed by atoms with E-state index in [1.54, 1.807) is 7.05 Å². The van der Waals surface area contributed by atoms with Gasteiger partial charge < -0.3 is 4.55 Å². The Morgan fingerprint density at radius 1 is 1.60 bits per heavy atom. The molecule has 1 N–H and O–H groups in total. The molecule has 0 saturated heterocycles. The summed E-state index contributed by atoms with van der Waals surface area (Å²) in [6.07, 6.45) is 1.15. The summed E-state index contributed by atoms with van der Waals surface area (Å²) in [4.78, 5) is 15.1. The predicted molar refractivity (Wildman–Crippen MR) is 50.4 cm³/mol. The number of carbonyl (C=O) groups is 1. The van der Waals surface area contributed by atoms with Crippen LogP contribution in [0.1, 0.15) is 6.92 Å². The molecule has 1 unspecified atom stereocenters. The first-order valence-electron chi connectivity index (χ1n) is 3.94. The van der Waals surface area contributed by atoms with Gasteiger partial charge >= 0.3 is 5.97 Å². The van der Waals surface area contributed by atoms with Crippen molar-refractivity contribution in [3.63, 3.8) is 0 Å². The molecule has 1 atom stereocenters. The quantitative estimate of drug-likeness (QED) is 0.271. The Balaban J connectivity index is 0. The average Bonchev–Trinajstić information content (AvgIpc) is 2.17. The van der Waals surface area contributed by atoms with Crippen molar-refractivity contribution in [3.05, 3.63) is 12.7 Å². The van der Waals surface area contributed by atoms with E-state index in [-0.39, 0.29) is 5.97 Å². The van der Waals surface area contributed by atoms with Gasteiger partial charge in [0.15, 0.2) is 0 Å². The van der Waals surface area contributed by atoms with Crippen molar-refractivity contribution in [2.45, 2.75) is 6.92 Å². The first kappa shape index (κ1) is 16.5. The molecule has 0 fully saturated rings. The fraction of sp³-hybridized carbons (Fsp3) is 0.571. The molecule has 90 valence electrons. The summed E-state index contributed by atoms with van der Waals surface area (Å²) in [5.74, 6) is -0.380. The van der Waals surface area contributed by atoms with E-state index < -0.39 is 10.4 Å². The van der Waals surface area contributed by atoms with Crippen molar-refractivity contribution in [1.82, 2.24) is 0 Å². The van der Waals surface area contributed by atoms with E-state index >= 15 is 0 Å². The van der Waals surface area contributed by atoms with Crippen LogP contribution in [0.4, 0.5) is 0 Å². The molecular formula is C7H15NO6S. The molecule has 0 spiro atoms.